The maximum absolute atomic E-state index is 13.4. The molecule has 6 nitrogen and oxygen atoms in total. The van der Waals surface area contributed by atoms with Crippen molar-refractivity contribution in [2.45, 2.75) is 41.9 Å². The van der Waals surface area contributed by atoms with Gasteiger partial charge in [-0.25, -0.2) is 0 Å². The van der Waals surface area contributed by atoms with Crippen molar-refractivity contribution >= 4 is 52.5 Å². The maximum atomic E-state index is 13.4. The summed E-state index contributed by atoms with van der Waals surface area (Å²) in [6.45, 7) is 1.94. The van der Waals surface area contributed by atoms with Crippen molar-refractivity contribution in [1.29, 1.82) is 0 Å². The van der Waals surface area contributed by atoms with Gasteiger partial charge in [0.2, 0.25) is 0 Å². The fourth-order valence-electron chi connectivity index (χ4n) is 3.73. The van der Waals surface area contributed by atoms with Crippen molar-refractivity contribution in [3.8, 4) is 5.75 Å². The number of alkyl halides is 3. The zero-order chi connectivity index (χ0) is 21.8. The lowest BCUT2D eigenvalue weighted by Gasteiger charge is -2.28. The minimum atomic E-state index is -2.25. The van der Waals surface area contributed by atoms with Crippen molar-refractivity contribution in [3.63, 3.8) is 0 Å². The highest BCUT2D eigenvalue weighted by atomic mass is 35.6. The minimum Gasteiger partial charge on any atom is -0.497 e. The van der Waals surface area contributed by atoms with E-state index in [-0.39, 0.29) is 11.7 Å². The van der Waals surface area contributed by atoms with E-state index < -0.39 is 33.5 Å². The lowest BCUT2D eigenvalue weighted by atomic mass is 9.80. The number of amides is 1. The van der Waals surface area contributed by atoms with Gasteiger partial charge in [0.05, 0.1) is 20.1 Å². The molecule has 0 heterocycles. The molecular formula is C20H24Cl3NO5. The molecule has 9 heteroatoms. The number of halogens is 3. The Balaban J connectivity index is 2.33. The number of Topliss-reactive ketones (excluding diaryl/α,β-unsaturated/α-hetero) is 1. The molecule has 4 atom stereocenters. The number of nitrogens with one attached hydrogen (secondary N) is 1. The van der Waals surface area contributed by atoms with Crippen LogP contribution in [0.1, 0.15) is 37.7 Å². The van der Waals surface area contributed by atoms with Crippen LogP contribution in [0.25, 0.3) is 0 Å². The monoisotopic (exact) mass is 463 g/mol. The molecule has 0 bridgehead atoms. The van der Waals surface area contributed by atoms with Crippen LogP contribution in [0.3, 0.4) is 0 Å². The van der Waals surface area contributed by atoms with Crippen molar-refractivity contribution in [3.05, 3.63) is 29.8 Å². The molecule has 1 amide bonds. The maximum Gasteiger partial charge on any atom is 0.311 e. The van der Waals surface area contributed by atoms with Gasteiger partial charge >= 0.3 is 5.97 Å². The quantitative estimate of drug-likeness (QED) is 0.407. The van der Waals surface area contributed by atoms with Gasteiger partial charge in [-0.05, 0) is 36.5 Å². The van der Waals surface area contributed by atoms with Crippen molar-refractivity contribution in [2.75, 3.05) is 14.2 Å². The highest BCUT2D eigenvalue weighted by molar-refractivity contribution is 6.76. The van der Waals surface area contributed by atoms with Gasteiger partial charge < -0.3 is 14.8 Å². The molecule has 1 N–H and O–H groups in total. The zero-order valence-electron chi connectivity index (χ0n) is 16.4. The smallest absolute Gasteiger partial charge is 0.311 e. The third-order valence-electron chi connectivity index (χ3n) is 5.40. The van der Waals surface area contributed by atoms with E-state index in [4.69, 9.17) is 44.3 Å². The Morgan fingerprint density at radius 1 is 1.14 bits per heavy atom. The lowest BCUT2D eigenvalue weighted by molar-refractivity contribution is -0.149. The number of rotatable bonds is 5. The summed E-state index contributed by atoms with van der Waals surface area (Å²) >= 11 is 17.0. The first-order chi connectivity index (χ1) is 13.6. The number of benzene rings is 1. The second-order valence-electron chi connectivity index (χ2n) is 7.08. The summed E-state index contributed by atoms with van der Waals surface area (Å²) in [4.78, 5) is 37.9. The van der Waals surface area contributed by atoms with Gasteiger partial charge in [-0.1, -0.05) is 60.3 Å². The van der Waals surface area contributed by atoms with Crippen LogP contribution in [0.5, 0.6) is 5.75 Å². The molecule has 160 valence electrons. The van der Waals surface area contributed by atoms with Crippen LogP contribution in [0.2, 0.25) is 0 Å². The van der Waals surface area contributed by atoms with Gasteiger partial charge in [0.25, 0.3) is 9.70 Å². The highest BCUT2D eigenvalue weighted by Gasteiger charge is 2.45. The fraction of sp³-hybridized carbons (Fsp3) is 0.550. The van der Waals surface area contributed by atoms with Crippen molar-refractivity contribution in [1.82, 2.24) is 5.32 Å². The second-order valence-corrected chi connectivity index (χ2v) is 9.36. The molecule has 2 rings (SSSR count). The van der Waals surface area contributed by atoms with E-state index in [1.54, 1.807) is 7.11 Å². The molecule has 0 saturated heterocycles. The molecular weight excluding hydrogens is 441 g/mol. The molecule has 0 aromatic heterocycles. The van der Waals surface area contributed by atoms with Crippen LogP contribution in [-0.2, 0) is 19.1 Å². The zero-order valence-corrected chi connectivity index (χ0v) is 18.7. The number of hydrogen-bond donors (Lipinski definition) is 1. The first-order valence-electron chi connectivity index (χ1n) is 9.23. The number of ether oxygens (including phenoxy) is 2. The third kappa shape index (κ3) is 5.77. The molecule has 1 aromatic carbocycles. The summed E-state index contributed by atoms with van der Waals surface area (Å²) in [7, 11) is 2.82. The standard InChI is InChI=1S/C20H24Cl3NO5/c1-11(12-7-9-13(28-2)10-8-12)14-5-4-6-15(18(26)29-3)16(17(14)25)24-19(27)20(21,22)23/h7-11,14-16H,4-6H2,1-3H3,(H,24,27)/t11-,14?,15-,16?/m0/s1. The van der Waals surface area contributed by atoms with Crippen molar-refractivity contribution < 1.29 is 23.9 Å². The summed E-state index contributed by atoms with van der Waals surface area (Å²) in [6, 6.07) is 6.32. The van der Waals surface area contributed by atoms with Gasteiger partial charge in [0.15, 0.2) is 5.78 Å². The van der Waals surface area contributed by atoms with Gasteiger partial charge in [-0.2, -0.15) is 0 Å². The number of carbonyl (C=O) groups excluding carboxylic acids is 3. The fourth-order valence-corrected chi connectivity index (χ4v) is 3.90. The summed E-state index contributed by atoms with van der Waals surface area (Å²) < 4.78 is 7.77. The summed E-state index contributed by atoms with van der Waals surface area (Å²) in [5, 5.41) is 2.46. The predicted molar refractivity (Wildman–Crippen MR) is 111 cm³/mol. The van der Waals surface area contributed by atoms with E-state index in [1.807, 2.05) is 31.2 Å². The van der Waals surface area contributed by atoms with Gasteiger partial charge in [0.1, 0.15) is 11.8 Å². The van der Waals surface area contributed by atoms with E-state index in [9.17, 15) is 14.4 Å². The molecule has 29 heavy (non-hydrogen) atoms. The molecule has 0 aliphatic heterocycles. The third-order valence-corrected chi connectivity index (χ3v) is 5.91. The summed E-state index contributed by atoms with van der Waals surface area (Å²) in [5.74, 6) is -2.48. The van der Waals surface area contributed by atoms with Gasteiger partial charge in [0, 0.05) is 5.92 Å². The highest BCUT2D eigenvalue weighted by Crippen LogP contribution is 2.36. The van der Waals surface area contributed by atoms with E-state index in [0.717, 1.165) is 5.56 Å². The molecule has 1 aliphatic rings. The molecule has 0 radical (unpaired) electrons. The Bertz CT molecular complexity index is 747. The predicted octanol–water partition coefficient (Wildman–Crippen LogP) is 3.81. The van der Waals surface area contributed by atoms with Crippen LogP contribution < -0.4 is 10.1 Å². The Morgan fingerprint density at radius 3 is 2.28 bits per heavy atom. The molecule has 0 spiro atoms. The van der Waals surface area contributed by atoms with E-state index in [0.29, 0.717) is 25.0 Å². The van der Waals surface area contributed by atoms with Crippen LogP contribution >= 0.6 is 34.8 Å². The van der Waals surface area contributed by atoms with Gasteiger partial charge in [-0.3, -0.25) is 14.4 Å². The van der Waals surface area contributed by atoms with Crippen LogP contribution in [-0.4, -0.2) is 41.7 Å². The van der Waals surface area contributed by atoms with Crippen LogP contribution in [0.4, 0.5) is 0 Å². The van der Waals surface area contributed by atoms with Crippen LogP contribution in [0, 0.1) is 11.8 Å². The van der Waals surface area contributed by atoms with E-state index in [2.05, 4.69) is 5.32 Å². The Labute approximate surface area is 185 Å². The summed E-state index contributed by atoms with van der Waals surface area (Å²) in [6.07, 6.45) is 1.57. The largest absolute Gasteiger partial charge is 0.497 e. The second kappa shape index (κ2) is 10.0. The van der Waals surface area contributed by atoms with E-state index in [1.165, 1.54) is 7.11 Å². The number of esters is 1. The number of hydrogen-bond acceptors (Lipinski definition) is 5. The molecule has 2 unspecified atom stereocenters. The lowest BCUT2D eigenvalue weighted by Crippen LogP contribution is -2.53. The Morgan fingerprint density at radius 2 is 1.76 bits per heavy atom. The van der Waals surface area contributed by atoms with Gasteiger partial charge in [-0.15, -0.1) is 0 Å². The SMILES string of the molecule is COC(=O)[C@H]1CCCC([C@@H](C)c2ccc(OC)cc2)C(=O)C1NC(=O)C(Cl)(Cl)Cl. The summed E-state index contributed by atoms with van der Waals surface area (Å²) in [5.41, 5.74) is 0.951. The average molecular weight is 465 g/mol. The Kier molecular flexibility index (Phi) is 8.20. The molecule has 1 saturated carbocycles. The Hall–Kier alpha value is -1.50. The topological polar surface area (TPSA) is 81.7 Å². The molecule has 1 aliphatic carbocycles. The van der Waals surface area contributed by atoms with Crippen LogP contribution in [0.15, 0.2) is 24.3 Å². The first-order valence-corrected chi connectivity index (χ1v) is 10.4. The molecule has 1 fully saturated rings. The molecule has 1 aromatic rings. The number of methoxy groups -OCH3 is 2. The first kappa shape index (κ1) is 23.8. The van der Waals surface area contributed by atoms with Crippen molar-refractivity contribution in [2.24, 2.45) is 11.8 Å². The van der Waals surface area contributed by atoms with E-state index >= 15 is 0 Å². The average Bonchev–Trinajstić information content (AvgIpc) is 2.85. The normalized spacial score (nSPS) is 23.7. The number of ketones is 1. The minimum absolute atomic E-state index is 0.142. The number of carbonyl (C=O) groups is 3.